The number of benzene rings is 1. The molecule has 7 nitrogen and oxygen atoms in total. The smallest absolute Gasteiger partial charge is 0.344 e. The van der Waals surface area contributed by atoms with Gasteiger partial charge in [-0.1, -0.05) is 50.7 Å². The molecule has 1 aliphatic rings. The Hall–Kier alpha value is -2.06. The Morgan fingerprint density at radius 1 is 1.41 bits per heavy atom. The fourth-order valence-electron chi connectivity index (χ4n) is 3.13. The van der Waals surface area contributed by atoms with Gasteiger partial charge in [-0.05, 0) is 29.9 Å². The molecule has 1 saturated heterocycles. The van der Waals surface area contributed by atoms with Crippen LogP contribution in [0.1, 0.15) is 39.2 Å². The molecular weight excluding hydrogens is 364 g/mol. The molecule has 2 N–H and O–H groups in total. The van der Waals surface area contributed by atoms with Crippen molar-refractivity contribution in [1.82, 2.24) is 14.8 Å². The zero-order chi connectivity index (χ0) is 19.4. The predicted octanol–water partition coefficient (Wildman–Crippen LogP) is 2.78. The van der Waals surface area contributed by atoms with E-state index in [2.05, 4.69) is 36.3 Å². The number of H-pyrrole nitrogens is 1. The first-order valence-electron chi connectivity index (χ1n) is 9.13. The molecule has 0 radical (unpaired) electrons. The first kappa shape index (κ1) is 19.7. The van der Waals surface area contributed by atoms with Gasteiger partial charge in [0, 0.05) is 12.3 Å². The van der Waals surface area contributed by atoms with E-state index in [1.807, 2.05) is 24.3 Å². The molecular formula is C19H26N4O3S. The van der Waals surface area contributed by atoms with Crippen LogP contribution in [0.4, 0.5) is 5.69 Å². The average molecular weight is 391 g/mol. The molecule has 1 aromatic heterocycles. The third-order valence-corrected chi connectivity index (χ3v) is 5.45. The average Bonchev–Trinajstić information content (AvgIpc) is 3.24. The molecule has 0 spiro atoms. The predicted molar refractivity (Wildman–Crippen MR) is 106 cm³/mol. The van der Waals surface area contributed by atoms with Crippen molar-refractivity contribution in [2.45, 2.75) is 56.8 Å². The highest BCUT2D eigenvalue weighted by Gasteiger charge is 2.21. The zero-order valence-electron chi connectivity index (χ0n) is 15.9. The van der Waals surface area contributed by atoms with Gasteiger partial charge in [0.15, 0.2) is 5.16 Å². The van der Waals surface area contributed by atoms with Gasteiger partial charge < -0.3 is 10.1 Å². The molecule has 1 aliphatic heterocycles. The first-order chi connectivity index (χ1) is 12.8. The third-order valence-electron chi connectivity index (χ3n) is 4.47. The lowest BCUT2D eigenvalue weighted by atomic mass is 9.86. The highest BCUT2D eigenvalue weighted by molar-refractivity contribution is 7.99. The molecule has 3 rings (SSSR count). The van der Waals surface area contributed by atoms with Crippen LogP contribution >= 0.6 is 11.8 Å². The number of ether oxygens (including phenoxy) is 1. The monoisotopic (exact) mass is 390 g/mol. The molecule has 1 aromatic carbocycles. The van der Waals surface area contributed by atoms with Crippen molar-refractivity contribution in [3.05, 3.63) is 40.3 Å². The fraction of sp³-hybridized carbons (Fsp3) is 0.526. The quantitative estimate of drug-likeness (QED) is 0.741. The van der Waals surface area contributed by atoms with E-state index in [0.717, 1.165) is 30.7 Å². The number of anilines is 1. The van der Waals surface area contributed by atoms with E-state index in [9.17, 15) is 9.59 Å². The fourth-order valence-corrected chi connectivity index (χ4v) is 3.88. The van der Waals surface area contributed by atoms with E-state index in [-0.39, 0.29) is 28.9 Å². The number of nitrogens with zero attached hydrogens (tertiary/aromatic N) is 2. The molecule has 2 aromatic rings. The Bertz CT molecular complexity index is 847. The second-order valence-electron chi connectivity index (χ2n) is 7.69. The van der Waals surface area contributed by atoms with Crippen molar-refractivity contribution in [3.8, 4) is 0 Å². The Balaban J connectivity index is 1.63. The lowest BCUT2D eigenvalue weighted by Crippen LogP contribution is -2.25. The third kappa shape index (κ3) is 5.01. The number of aromatic amines is 1. The summed E-state index contributed by atoms with van der Waals surface area (Å²) in [5.41, 5.74) is 1.56. The number of nitrogens with one attached hydrogen (secondary N) is 2. The van der Waals surface area contributed by atoms with Crippen LogP contribution in [0.25, 0.3) is 0 Å². The Morgan fingerprint density at radius 2 is 2.19 bits per heavy atom. The number of hydrogen-bond acceptors (Lipinski definition) is 5. The number of carbonyl (C=O) groups excluding carboxylic acids is 1. The van der Waals surface area contributed by atoms with Crippen LogP contribution in [0, 0.1) is 0 Å². The molecule has 27 heavy (non-hydrogen) atoms. The van der Waals surface area contributed by atoms with E-state index in [0.29, 0.717) is 11.7 Å². The van der Waals surface area contributed by atoms with Crippen LogP contribution in [0.5, 0.6) is 0 Å². The minimum Gasteiger partial charge on any atom is -0.376 e. The van der Waals surface area contributed by atoms with Gasteiger partial charge in [-0.3, -0.25) is 9.36 Å². The van der Waals surface area contributed by atoms with Gasteiger partial charge in [0.2, 0.25) is 5.91 Å². The van der Waals surface area contributed by atoms with Crippen molar-refractivity contribution in [3.63, 3.8) is 0 Å². The van der Waals surface area contributed by atoms with Crippen LogP contribution in [-0.4, -0.2) is 39.1 Å². The van der Waals surface area contributed by atoms with Gasteiger partial charge in [-0.25, -0.2) is 9.89 Å². The van der Waals surface area contributed by atoms with Gasteiger partial charge in [0.1, 0.15) is 0 Å². The summed E-state index contributed by atoms with van der Waals surface area (Å²) in [5.74, 6) is 0.0460. The molecule has 1 atom stereocenters. The zero-order valence-corrected chi connectivity index (χ0v) is 16.8. The second kappa shape index (κ2) is 8.31. The van der Waals surface area contributed by atoms with Crippen molar-refractivity contribution in [2.75, 3.05) is 17.7 Å². The summed E-state index contributed by atoms with van der Waals surface area (Å²) >= 11 is 1.24. The SMILES string of the molecule is CC(C)(C)c1ccccc1NC(=O)CSc1n[nH]c(=O)n1CC1CCCO1. The summed E-state index contributed by atoms with van der Waals surface area (Å²) < 4.78 is 7.15. The highest BCUT2D eigenvalue weighted by Crippen LogP contribution is 2.29. The number of aromatic nitrogens is 3. The van der Waals surface area contributed by atoms with E-state index >= 15 is 0 Å². The topological polar surface area (TPSA) is 89.0 Å². The van der Waals surface area contributed by atoms with E-state index < -0.39 is 0 Å². The second-order valence-corrected chi connectivity index (χ2v) is 8.63. The van der Waals surface area contributed by atoms with E-state index in [1.54, 1.807) is 4.57 Å². The Kier molecular flexibility index (Phi) is 6.06. The Morgan fingerprint density at radius 3 is 2.89 bits per heavy atom. The maximum absolute atomic E-state index is 12.4. The van der Waals surface area contributed by atoms with Gasteiger partial charge in [0.05, 0.1) is 18.4 Å². The first-order valence-corrected chi connectivity index (χ1v) is 10.1. The van der Waals surface area contributed by atoms with Crippen molar-refractivity contribution < 1.29 is 9.53 Å². The molecule has 0 aliphatic carbocycles. The molecule has 0 saturated carbocycles. The van der Waals surface area contributed by atoms with Crippen LogP contribution < -0.4 is 11.0 Å². The molecule has 8 heteroatoms. The summed E-state index contributed by atoms with van der Waals surface area (Å²) in [7, 11) is 0. The standard InChI is InChI=1S/C19H26N4O3S/c1-19(2,3)14-8-4-5-9-15(14)20-16(24)12-27-18-22-21-17(25)23(18)11-13-7-6-10-26-13/h4-5,8-9,13H,6-7,10-12H2,1-3H3,(H,20,24)(H,21,25). The Labute approximate surface area is 162 Å². The summed E-state index contributed by atoms with van der Waals surface area (Å²) in [5, 5.41) is 10.00. The van der Waals surface area contributed by atoms with Gasteiger partial charge >= 0.3 is 5.69 Å². The number of rotatable bonds is 6. The largest absolute Gasteiger partial charge is 0.376 e. The molecule has 146 valence electrons. The van der Waals surface area contributed by atoms with Crippen LogP contribution in [0.3, 0.4) is 0 Å². The molecule has 1 unspecified atom stereocenters. The highest BCUT2D eigenvalue weighted by atomic mass is 32.2. The lowest BCUT2D eigenvalue weighted by Gasteiger charge is -2.23. The molecule has 1 amide bonds. The number of thioether (sulfide) groups is 1. The van der Waals surface area contributed by atoms with Crippen molar-refractivity contribution >= 4 is 23.4 Å². The molecule has 1 fully saturated rings. The van der Waals surface area contributed by atoms with Crippen LogP contribution in [0.2, 0.25) is 0 Å². The van der Waals surface area contributed by atoms with E-state index in [4.69, 9.17) is 4.74 Å². The summed E-state index contributed by atoms with van der Waals surface area (Å²) in [6, 6.07) is 7.81. The minimum absolute atomic E-state index is 0.0344. The van der Waals surface area contributed by atoms with Crippen LogP contribution in [-0.2, 0) is 21.5 Å². The minimum atomic E-state index is -0.272. The van der Waals surface area contributed by atoms with Crippen molar-refractivity contribution in [2.24, 2.45) is 0 Å². The lowest BCUT2D eigenvalue weighted by molar-refractivity contribution is -0.113. The summed E-state index contributed by atoms with van der Waals surface area (Å²) in [6.07, 6.45) is 1.98. The number of para-hydroxylation sites is 1. The van der Waals surface area contributed by atoms with Gasteiger partial charge in [-0.15, -0.1) is 5.10 Å². The van der Waals surface area contributed by atoms with Crippen LogP contribution in [0.15, 0.2) is 34.2 Å². The number of amides is 1. The number of hydrogen-bond donors (Lipinski definition) is 2. The molecule has 2 heterocycles. The maximum atomic E-state index is 12.4. The summed E-state index contributed by atoms with van der Waals surface area (Å²) in [4.78, 5) is 24.4. The molecule has 0 bridgehead atoms. The van der Waals surface area contributed by atoms with Gasteiger partial charge in [0.25, 0.3) is 0 Å². The summed E-state index contributed by atoms with van der Waals surface area (Å²) in [6.45, 7) is 7.53. The van der Waals surface area contributed by atoms with E-state index in [1.165, 1.54) is 11.8 Å². The maximum Gasteiger partial charge on any atom is 0.344 e. The normalized spacial score (nSPS) is 17.2. The van der Waals surface area contributed by atoms with Crippen molar-refractivity contribution in [1.29, 1.82) is 0 Å². The number of carbonyl (C=O) groups is 1. The van der Waals surface area contributed by atoms with Gasteiger partial charge in [-0.2, -0.15) is 0 Å².